The number of hydrogen-bond acceptors (Lipinski definition) is 4. The standard InChI is InChI=1S/C11H16N2O2S/c1-16(14,15)11-4-2-10(3-5-11)13-7-6-9(12)8-13/h2-5,9H,6-8,12H2,1H3. The normalized spacial score (nSPS) is 21.4. The predicted molar refractivity (Wildman–Crippen MR) is 64.4 cm³/mol. The second kappa shape index (κ2) is 4.07. The Morgan fingerprint density at radius 2 is 1.94 bits per heavy atom. The van der Waals surface area contributed by atoms with E-state index in [9.17, 15) is 8.42 Å². The summed E-state index contributed by atoms with van der Waals surface area (Å²) in [6, 6.07) is 7.21. The molecule has 0 aliphatic carbocycles. The minimum Gasteiger partial charge on any atom is -0.370 e. The molecular formula is C11H16N2O2S. The van der Waals surface area contributed by atoms with Gasteiger partial charge in [0.2, 0.25) is 0 Å². The lowest BCUT2D eigenvalue weighted by Gasteiger charge is -2.18. The van der Waals surface area contributed by atoms with Gasteiger partial charge in [-0.1, -0.05) is 0 Å². The quantitative estimate of drug-likeness (QED) is 0.823. The Balaban J connectivity index is 2.20. The van der Waals surface area contributed by atoms with Crippen LogP contribution in [-0.4, -0.2) is 33.8 Å². The summed E-state index contributed by atoms with van der Waals surface area (Å²) in [6.45, 7) is 1.79. The van der Waals surface area contributed by atoms with E-state index in [1.807, 2.05) is 12.1 Å². The molecule has 5 heteroatoms. The summed E-state index contributed by atoms with van der Waals surface area (Å²) in [5.41, 5.74) is 6.87. The molecule has 4 nitrogen and oxygen atoms in total. The molecule has 1 fully saturated rings. The molecule has 0 saturated carbocycles. The molecule has 88 valence electrons. The van der Waals surface area contributed by atoms with Gasteiger partial charge in [-0.3, -0.25) is 0 Å². The molecule has 1 aromatic rings. The highest BCUT2D eigenvalue weighted by Crippen LogP contribution is 2.21. The van der Waals surface area contributed by atoms with Gasteiger partial charge in [-0.05, 0) is 30.7 Å². The van der Waals surface area contributed by atoms with Crippen molar-refractivity contribution in [3.63, 3.8) is 0 Å². The Hall–Kier alpha value is -1.07. The van der Waals surface area contributed by atoms with Gasteiger partial charge in [0.25, 0.3) is 0 Å². The molecule has 2 rings (SSSR count). The monoisotopic (exact) mass is 240 g/mol. The molecule has 1 heterocycles. The molecular weight excluding hydrogens is 224 g/mol. The molecule has 0 aromatic heterocycles. The van der Waals surface area contributed by atoms with E-state index in [0.717, 1.165) is 25.2 Å². The van der Waals surface area contributed by atoms with E-state index in [2.05, 4.69) is 4.90 Å². The zero-order valence-electron chi connectivity index (χ0n) is 9.26. The van der Waals surface area contributed by atoms with Crippen molar-refractivity contribution < 1.29 is 8.42 Å². The Morgan fingerprint density at radius 3 is 2.38 bits per heavy atom. The van der Waals surface area contributed by atoms with Gasteiger partial charge >= 0.3 is 0 Å². The van der Waals surface area contributed by atoms with Gasteiger partial charge in [0, 0.05) is 31.1 Å². The van der Waals surface area contributed by atoms with E-state index >= 15 is 0 Å². The minimum atomic E-state index is -3.10. The van der Waals surface area contributed by atoms with E-state index in [1.54, 1.807) is 12.1 Å². The fourth-order valence-electron chi connectivity index (χ4n) is 1.93. The highest BCUT2D eigenvalue weighted by Gasteiger charge is 2.19. The summed E-state index contributed by atoms with van der Waals surface area (Å²) in [4.78, 5) is 2.54. The molecule has 0 radical (unpaired) electrons. The van der Waals surface area contributed by atoms with E-state index in [1.165, 1.54) is 6.26 Å². The average molecular weight is 240 g/mol. The number of sulfone groups is 1. The Bertz CT molecular complexity index is 467. The van der Waals surface area contributed by atoms with E-state index < -0.39 is 9.84 Å². The lowest BCUT2D eigenvalue weighted by molar-refractivity contribution is 0.602. The zero-order chi connectivity index (χ0) is 11.8. The smallest absolute Gasteiger partial charge is 0.175 e. The van der Waals surface area contributed by atoms with Crippen molar-refractivity contribution in [3.8, 4) is 0 Å². The molecule has 1 aliphatic heterocycles. The molecule has 0 amide bonds. The van der Waals surface area contributed by atoms with Crippen LogP contribution in [0.3, 0.4) is 0 Å². The first-order valence-corrected chi connectivity index (χ1v) is 7.16. The van der Waals surface area contributed by atoms with E-state index in [-0.39, 0.29) is 6.04 Å². The van der Waals surface area contributed by atoms with Crippen LogP contribution < -0.4 is 10.6 Å². The molecule has 1 aromatic carbocycles. The van der Waals surface area contributed by atoms with Crippen LogP contribution in [0.5, 0.6) is 0 Å². The maximum Gasteiger partial charge on any atom is 0.175 e. The van der Waals surface area contributed by atoms with Crippen LogP contribution in [0, 0.1) is 0 Å². The van der Waals surface area contributed by atoms with Gasteiger partial charge in [0.15, 0.2) is 9.84 Å². The first-order valence-electron chi connectivity index (χ1n) is 5.27. The molecule has 0 spiro atoms. The summed E-state index contributed by atoms with van der Waals surface area (Å²) in [5, 5.41) is 0. The maximum atomic E-state index is 11.3. The van der Waals surface area contributed by atoms with Crippen LogP contribution in [0.2, 0.25) is 0 Å². The van der Waals surface area contributed by atoms with Gasteiger partial charge in [-0.15, -0.1) is 0 Å². The van der Waals surface area contributed by atoms with Gasteiger partial charge in [-0.2, -0.15) is 0 Å². The SMILES string of the molecule is CS(=O)(=O)c1ccc(N2CCC(N)C2)cc1. The molecule has 1 atom stereocenters. The summed E-state index contributed by atoms with van der Waals surface area (Å²) in [6.07, 6.45) is 2.21. The first-order chi connectivity index (χ1) is 7.47. The van der Waals surface area contributed by atoms with E-state index in [0.29, 0.717) is 4.90 Å². The molecule has 1 aliphatic rings. The van der Waals surface area contributed by atoms with Crippen LogP contribution >= 0.6 is 0 Å². The van der Waals surface area contributed by atoms with Crippen molar-refractivity contribution in [2.45, 2.75) is 17.4 Å². The number of benzene rings is 1. The molecule has 1 saturated heterocycles. The lowest BCUT2D eigenvalue weighted by atomic mass is 10.3. The molecule has 16 heavy (non-hydrogen) atoms. The summed E-state index contributed by atoms with van der Waals surface area (Å²) in [5.74, 6) is 0. The zero-order valence-corrected chi connectivity index (χ0v) is 10.1. The Labute approximate surface area is 96.0 Å². The van der Waals surface area contributed by atoms with Crippen molar-refractivity contribution in [1.82, 2.24) is 0 Å². The van der Waals surface area contributed by atoms with Crippen molar-refractivity contribution >= 4 is 15.5 Å². The van der Waals surface area contributed by atoms with Gasteiger partial charge in [0.1, 0.15) is 0 Å². The average Bonchev–Trinajstić information content (AvgIpc) is 2.64. The van der Waals surface area contributed by atoms with Crippen LogP contribution in [-0.2, 0) is 9.84 Å². The number of hydrogen-bond donors (Lipinski definition) is 1. The third-order valence-electron chi connectivity index (χ3n) is 2.85. The van der Waals surface area contributed by atoms with Crippen LogP contribution in [0.25, 0.3) is 0 Å². The fraction of sp³-hybridized carbons (Fsp3) is 0.455. The largest absolute Gasteiger partial charge is 0.370 e. The van der Waals surface area contributed by atoms with Crippen molar-refractivity contribution in [2.75, 3.05) is 24.2 Å². The summed E-state index contributed by atoms with van der Waals surface area (Å²) >= 11 is 0. The third kappa shape index (κ3) is 2.36. The van der Waals surface area contributed by atoms with Gasteiger partial charge in [-0.25, -0.2) is 8.42 Å². The van der Waals surface area contributed by atoms with Crippen LogP contribution in [0.1, 0.15) is 6.42 Å². The van der Waals surface area contributed by atoms with Crippen molar-refractivity contribution in [3.05, 3.63) is 24.3 Å². The Kier molecular flexibility index (Phi) is 2.90. The second-order valence-electron chi connectivity index (χ2n) is 4.26. The number of nitrogens with two attached hydrogens (primary N) is 1. The molecule has 2 N–H and O–H groups in total. The van der Waals surface area contributed by atoms with Crippen LogP contribution in [0.4, 0.5) is 5.69 Å². The Morgan fingerprint density at radius 1 is 1.31 bits per heavy atom. The highest BCUT2D eigenvalue weighted by atomic mass is 32.2. The van der Waals surface area contributed by atoms with Gasteiger partial charge in [0.05, 0.1) is 4.90 Å². The maximum absolute atomic E-state index is 11.3. The summed E-state index contributed by atoms with van der Waals surface area (Å²) in [7, 11) is -3.10. The number of nitrogens with zero attached hydrogens (tertiary/aromatic N) is 1. The third-order valence-corrected chi connectivity index (χ3v) is 3.98. The summed E-state index contributed by atoms with van der Waals surface area (Å²) < 4.78 is 22.6. The number of anilines is 1. The fourth-order valence-corrected chi connectivity index (χ4v) is 2.56. The number of rotatable bonds is 2. The predicted octanol–water partition coefficient (Wildman–Crippen LogP) is 0.628. The highest BCUT2D eigenvalue weighted by molar-refractivity contribution is 7.90. The van der Waals surface area contributed by atoms with Crippen LogP contribution in [0.15, 0.2) is 29.2 Å². The minimum absolute atomic E-state index is 0.231. The molecule has 0 bridgehead atoms. The van der Waals surface area contributed by atoms with E-state index in [4.69, 9.17) is 5.73 Å². The topological polar surface area (TPSA) is 63.4 Å². The molecule has 1 unspecified atom stereocenters. The lowest BCUT2D eigenvalue weighted by Crippen LogP contribution is -2.26. The van der Waals surface area contributed by atoms with Crippen molar-refractivity contribution in [2.24, 2.45) is 5.73 Å². The first kappa shape index (κ1) is 11.4. The van der Waals surface area contributed by atoms with Gasteiger partial charge < -0.3 is 10.6 Å². The second-order valence-corrected chi connectivity index (χ2v) is 6.28. The van der Waals surface area contributed by atoms with Crippen molar-refractivity contribution in [1.29, 1.82) is 0 Å².